The maximum atomic E-state index is 12.6. The van der Waals surface area contributed by atoms with Gasteiger partial charge in [-0.15, -0.1) is 0 Å². The van der Waals surface area contributed by atoms with Crippen molar-refractivity contribution < 1.29 is 8.42 Å². The van der Waals surface area contributed by atoms with Crippen LogP contribution in [0, 0.1) is 0 Å². The molecule has 0 saturated carbocycles. The summed E-state index contributed by atoms with van der Waals surface area (Å²) in [6.07, 6.45) is 0. The zero-order valence-electron chi connectivity index (χ0n) is 11.3. The molecule has 3 aromatic rings. The van der Waals surface area contributed by atoms with Crippen molar-refractivity contribution in [2.75, 3.05) is 0 Å². The second-order valence-electron chi connectivity index (χ2n) is 4.71. The molecule has 0 spiro atoms. The van der Waals surface area contributed by atoms with Crippen molar-refractivity contribution >= 4 is 9.84 Å². The largest absolute Gasteiger partial charge is 0.219 e. The van der Waals surface area contributed by atoms with Gasteiger partial charge in [-0.1, -0.05) is 60.7 Å². The van der Waals surface area contributed by atoms with Crippen molar-refractivity contribution in [1.29, 1.82) is 0 Å². The predicted molar refractivity (Wildman–Crippen MR) is 83.8 cm³/mol. The second kappa shape index (κ2) is 5.54. The monoisotopic (exact) mass is 294 g/mol. The van der Waals surface area contributed by atoms with E-state index in [0.717, 1.165) is 11.1 Å². The first-order valence-corrected chi connectivity index (χ1v) is 8.12. The van der Waals surface area contributed by atoms with Crippen molar-refractivity contribution in [2.45, 2.75) is 9.79 Å². The van der Waals surface area contributed by atoms with Crippen LogP contribution in [0.5, 0.6) is 0 Å². The van der Waals surface area contributed by atoms with Crippen LogP contribution in [0.2, 0.25) is 0 Å². The second-order valence-corrected chi connectivity index (χ2v) is 6.66. The van der Waals surface area contributed by atoms with E-state index in [9.17, 15) is 8.42 Å². The summed E-state index contributed by atoms with van der Waals surface area (Å²) in [4.78, 5) is 0.630. The fourth-order valence-electron chi connectivity index (χ4n) is 2.21. The molecule has 21 heavy (non-hydrogen) atoms. The van der Waals surface area contributed by atoms with E-state index in [1.165, 1.54) is 0 Å². The molecule has 0 N–H and O–H groups in total. The fraction of sp³-hybridized carbons (Fsp3) is 0. The van der Waals surface area contributed by atoms with Crippen molar-refractivity contribution in [3.63, 3.8) is 0 Å². The topological polar surface area (TPSA) is 34.1 Å². The third-order valence-electron chi connectivity index (χ3n) is 3.30. The van der Waals surface area contributed by atoms with Crippen LogP contribution in [0.15, 0.2) is 94.7 Å². The Morgan fingerprint density at radius 1 is 0.524 bits per heavy atom. The van der Waals surface area contributed by atoms with Crippen LogP contribution in [-0.4, -0.2) is 8.42 Å². The van der Waals surface area contributed by atoms with Gasteiger partial charge in [0.05, 0.1) is 9.79 Å². The molecule has 0 aliphatic heterocycles. The molecule has 3 aromatic carbocycles. The van der Waals surface area contributed by atoms with Gasteiger partial charge in [-0.2, -0.15) is 0 Å². The van der Waals surface area contributed by atoms with E-state index in [1.807, 2.05) is 36.4 Å². The summed E-state index contributed by atoms with van der Waals surface area (Å²) < 4.78 is 25.2. The highest BCUT2D eigenvalue weighted by atomic mass is 32.2. The van der Waals surface area contributed by atoms with Gasteiger partial charge in [0.2, 0.25) is 9.84 Å². The normalized spacial score (nSPS) is 11.2. The standard InChI is InChI=1S/C18H14O2S/c19-21(20,17-11-5-2-6-12-17)18-13-7-10-16(14-18)15-8-3-1-4-9-15/h1-14H. The Kier molecular flexibility index (Phi) is 3.59. The predicted octanol–water partition coefficient (Wildman–Crippen LogP) is 4.19. The average Bonchev–Trinajstić information content (AvgIpc) is 2.57. The molecule has 3 heteroatoms. The Morgan fingerprint density at radius 2 is 1.05 bits per heavy atom. The third kappa shape index (κ3) is 2.73. The molecule has 0 aromatic heterocycles. The minimum atomic E-state index is -3.47. The summed E-state index contributed by atoms with van der Waals surface area (Å²) in [5.41, 5.74) is 1.90. The van der Waals surface area contributed by atoms with Gasteiger partial charge in [0.25, 0.3) is 0 Å². The molecule has 0 saturated heterocycles. The lowest BCUT2D eigenvalue weighted by molar-refractivity contribution is 0.596. The zero-order chi connectivity index (χ0) is 14.7. The number of rotatable bonds is 3. The molecule has 0 atom stereocenters. The first-order chi connectivity index (χ1) is 10.2. The third-order valence-corrected chi connectivity index (χ3v) is 5.07. The molecular formula is C18H14O2S. The van der Waals surface area contributed by atoms with Crippen molar-refractivity contribution in [1.82, 2.24) is 0 Å². The molecular weight excluding hydrogens is 280 g/mol. The molecule has 0 heterocycles. The van der Waals surface area contributed by atoms with E-state index in [2.05, 4.69) is 0 Å². The van der Waals surface area contributed by atoms with E-state index in [1.54, 1.807) is 48.5 Å². The Morgan fingerprint density at radius 3 is 1.71 bits per heavy atom. The smallest absolute Gasteiger partial charge is 0.206 e. The minimum absolute atomic E-state index is 0.315. The van der Waals surface area contributed by atoms with Gasteiger partial charge in [0.1, 0.15) is 0 Å². The lowest BCUT2D eigenvalue weighted by Gasteiger charge is -2.07. The van der Waals surface area contributed by atoms with Crippen LogP contribution in [0.1, 0.15) is 0 Å². The first kappa shape index (κ1) is 13.6. The highest BCUT2D eigenvalue weighted by Crippen LogP contribution is 2.26. The van der Waals surface area contributed by atoms with Crippen molar-refractivity contribution in [2.24, 2.45) is 0 Å². The molecule has 0 aliphatic rings. The molecule has 0 bridgehead atoms. The highest BCUT2D eigenvalue weighted by molar-refractivity contribution is 7.91. The average molecular weight is 294 g/mol. The van der Waals surface area contributed by atoms with Gasteiger partial charge in [-0.3, -0.25) is 0 Å². The van der Waals surface area contributed by atoms with E-state index in [0.29, 0.717) is 9.79 Å². The van der Waals surface area contributed by atoms with Crippen LogP contribution in [0.3, 0.4) is 0 Å². The molecule has 0 aliphatic carbocycles. The summed E-state index contributed by atoms with van der Waals surface area (Å²) >= 11 is 0. The van der Waals surface area contributed by atoms with Crippen LogP contribution in [-0.2, 0) is 9.84 Å². The van der Waals surface area contributed by atoms with Gasteiger partial charge in [0, 0.05) is 0 Å². The number of hydrogen-bond donors (Lipinski definition) is 0. The fourth-order valence-corrected chi connectivity index (χ4v) is 3.54. The minimum Gasteiger partial charge on any atom is -0.219 e. The van der Waals surface area contributed by atoms with Crippen LogP contribution < -0.4 is 0 Å². The lowest BCUT2D eigenvalue weighted by Crippen LogP contribution is -2.01. The first-order valence-electron chi connectivity index (χ1n) is 6.63. The van der Waals surface area contributed by atoms with Crippen LogP contribution in [0.25, 0.3) is 11.1 Å². The Hall–Kier alpha value is -2.39. The summed E-state index contributed by atoms with van der Waals surface area (Å²) in [6, 6.07) is 25.3. The van der Waals surface area contributed by atoms with Gasteiger partial charge in [-0.25, -0.2) is 8.42 Å². The number of benzene rings is 3. The Balaban J connectivity index is 2.09. The van der Waals surface area contributed by atoms with E-state index in [-0.39, 0.29) is 0 Å². The van der Waals surface area contributed by atoms with E-state index in [4.69, 9.17) is 0 Å². The summed E-state index contributed by atoms with van der Waals surface area (Å²) in [5, 5.41) is 0. The molecule has 2 nitrogen and oxygen atoms in total. The zero-order valence-corrected chi connectivity index (χ0v) is 12.1. The maximum absolute atomic E-state index is 12.6. The van der Waals surface area contributed by atoms with Gasteiger partial charge in [-0.05, 0) is 35.4 Å². The molecule has 3 rings (SSSR count). The van der Waals surface area contributed by atoms with E-state index >= 15 is 0 Å². The van der Waals surface area contributed by atoms with Crippen molar-refractivity contribution in [3.05, 3.63) is 84.9 Å². The molecule has 0 radical (unpaired) electrons. The number of sulfone groups is 1. The van der Waals surface area contributed by atoms with Gasteiger partial charge < -0.3 is 0 Å². The van der Waals surface area contributed by atoms with Gasteiger partial charge >= 0.3 is 0 Å². The SMILES string of the molecule is O=S(=O)(c1ccccc1)c1cccc(-c2ccccc2)c1. The van der Waals surface area contributed by atoms with Crippen molar-refractivity contribution in [3.8, 4) is 11.1 Å². The van der Waals surface area contributed by atoms with Crippen LogP contribution >= 0.6 is 0 Å². The van der Waals surface area contributed by atoms with E-state index < -0.39 is 9.84 Å². The lowest BCUT2D eigenvalue weighted by atomic mass is 10.1. The maximum Gasteiger partial charge on any atom is 0.206 e. The number of hydrogen-bond acceptors (Lipinski definition) is 2. The highest BCUT2D eigenvalue weighted by Gasteiger charge is 2.17. The molecule has 0 unspecified atom stereocenters. The summed E-state index contributed by atoms with van der Waals surface area (Å²) in [6.45, 7) is 0. The van der Waals surface area contributed by atoms with Crippen LogP contribution in [0.4, 0.5) is 0 Å². The molecule has 0 fully saturated rings. The quantitative estimate of drug-likeness (QED) is 0.726. The molecule has 104 valence electrons. The van der Waals surface area contributed by atoms with Gasteiger partial charge in [0.15, 0.2) is 0 Å². The summed E-state index contributed by atoms with van der Waals surface area (Å²) in [7, 11) is -3.47. The molecule has 0 amide bonds. The summed E-state index contributed by atoms with van der Waals surface area (Å²) in [5.74, 6) is 0. The Bertz CT molecular complexity index is 839. The Labute approximate surface area is 124 Å².